The number of aromatic amines is 1. The summed E-state index contributed by atoms with van der Waals surface area (Å²) in [5.74, 6) is -0.750. The monoisotopic (exact) mass is 464 g/mol. The second kappa shape index (κ2) is 9.06. The molecule has 0 bridgehead atoms. The maximum atomic E-state index is 12.9. The van der Waals surface area contributed by atoms with Gasteiger partial charge in [-0.15, -0.1) is 0 Å². The molecule has 1 aromatic carbocycles. The first-order valence-electron chi connectivity index (χ1n) is 11.7. The standard InChI is InChI=1S/C25H28N4O5/c1-34-25(33)20-5-3-18(26-20)14-28-10-8-15(9-11-28)16-2-4-19-17(12-16)13-29(24(19)32)21-6-7-22(30)27-23(21)31/h2-5,12,15,21,26H,6-11,13-14H2,1H3,(H,27,30,31). The highest BCUT2D eigenvalue weighted by atomic mass is 16.5. The molecule has 1 unspecified atom stereocenters. The number of nitrogens with one attached hydrogen (secondary N) is 2. The molecule has 34 heavy (non-hydrogen) atoms. The minimum atomic E-state index is -0.586. The number of likely N-dealkylation sites (tertiary alicyclic amines) is 1. The first-order chi connectivity index (χ1) is 16.4. The molecule has 0 spiro atoms. The van der Waals surface area contributed by atoms with Gasteiger partial charge in [-0.1, -0.05) is 12.1 Å². The predicted molar refractivity (Wildman–Crippen MR) is 122 cm³/mol. The molecule has 0 radical (unpaired) electrons. The number of imide groups is 1. The van der Waals surface area contributed by atoms with Crippen molar-refractivity contribution >= 4 is 23.7 Å². The zero-order chi connectivity index (χ0) is 23.8. The highest BCUT2D eigenvalue weighted by Crippen LogP contribution is 2.33. The van der Waals surface area contributed by atoms with Crippen molar-refractivity contribution in [2.24, 2.45) is 0 Å². The van der Waals surface area contributed by atoms with Crippen molar-refractivity contribution in [2.75, 3.05) is 20.2 Å². The summed E-state index contributed by atoms with van der Waals surface area (Å²) >= 11 is 0. The van der Waals surface area contributed by atoms with Crippen molar-refractivity contribution in [3.63, 3.8) is 0 Å². The number of hydrogen-bond acceptors (Lipinski definition) is 6. The average Bonchev–Trinajstić information content (AvgIpc) is 3.43. The SMILES string of the molecule is COC(=O)c1ccc(CN2CCC(c3ccc4c(c3)CN(C3CCC(=O)NC3=O)C4=O)CC2)[nH]1. The van der Waals surface area contributed by atoms with Gasteiger partial charge in [0.05, 0.1) is 7.11 Å². The molecule has 4 heterocycles. The van der Waals surface area contributed by atoms with Crippen LogP contribution in [0.3, 0.4) is 0 Å². The minimum Gasteiger partial charge on any atom is -0.464 e. The molecule has 0 saturated carbocycles. The van der Waals surface area contributed by atoms with E-state index in [1.807, 2.05) is 18.2 Å². The van der Waals surface area contributed by atoms with Crippen molar-refractivity contribution in [2.45, 2.75) is 50.7 Å². The van der Waals surface area contributed by atoms with E-state index in [-0.39, 0.29) is 30.1 Å². The molecule has 178 valence electrons. The van der Waals surface area contributed by atoms with Gasteiger partial charge in [0.2, 0.25) is 11.8 Å². The quantitative estimate of drug-likeness (QED) is 0.517. The fourth-order valence-corrected chi connectivity index (χ4v) is 5.28. The molecule has 9 heteroatoms. The van der Waals surface area contributed by atoms with Gasteiger partial charge < -0.3 is 14.6 Å². The molecule has 3 aliphatic heterocycles. The van der Waals surface area contributed by atoms with E-state index >= 15 is 0 Å². The molecule has 5 rings (SSSR count). The molecule has 2 fully saturated rings. The molecule has 2 aromatic rings. The second-order valence-electron chi connectivity index (χ2n) is 9.26. The van der Waals surface area contributed by atoms with E-state index in [0.717, 1.165) is 43.7 Å². The lowest BCUT2D eigenvalue weighted by Crippen LogP contribution is -2.52. The number of amides is 3. The highest BCUT2D eigenvalue weighted by Gasteiger charge is 2.39. The number of methoxy groups -OCH3 is 1. The summed E-state index contributed by atoms with van der Waals surface area (Å²) in [6.45, 7) is 3.04. The van der Waals surface area contributed by atoms with Crippen LogP contribution in [0.2, 0.25) is 0 Å². The van der Waals surface area contributed by atoms with Crippen LogP contribution in [-0.2, 0) is 27.4 Å². The second-order valence-corrected chi connectivity index (χ2v) is 9.26. The largest absolute Gasteiger partial charge is 0.464 e. The first kappa shape index (κ1) is 22.3. The van der Waals surface area contributed by atoms with Crippen molar-refractivity contribution < 1.29 is 23.9 Å². The molecule has 1 atom stereocenters. The van der Waals surface area contributed by atoms with Crippen LogP contribution in [0.1, 0.15) is 69.3 Å². The fraction of sp³-hybridized carbons (Fsp3) is 0.440. The van der Waals surface area contributed by atoms with Gasteiger partial charge in [0.15, 0.2) is 0 Å². The summed E-state index contributed by atoms with van der Waals surface area (Å²) in [5.41, 5.74) is 4.29. The summed E-state index contributed by atoms with van der Waals surface area (Å²) in [4.78, 5) is 55.4. The van der Waals surface area contributed by atoms with Crippen LogP contribution in [0.15, 0.2) is 30.3 Å². The van der Waals surface area contributed by atoms with E-state index in [2.05, 4.69) is 21.3 Å². The van der Waals surface area contributed by atoms with Crippen LogP contribution in [0.5, 0.6) is 0 Å². The Hall–Kier alpha value is -3.46. The average molecular weight is 465 g/mol. The van der Waals surface area contributed by atoms with Gasteiger partial charge in [-0.3, -0.25) is 24.6 Å². The number of carbonyl (C=O) groups excluding carboxylic acids is 4. The maximum absolute atomic E-state index is 12.9. The Balaban J connectivity index is 1.20. The van der Waals surface area contributed by atoms with E-state index in [4.69, 9.17) is 4.74 Å². The van der Waals surface area contributed by atoms with E-state index in [9.17, 15) is 19.2 Å². The van der Waals surface area contributed by atoms with Crippen LogP contribution < -0.4 is 5.32 Å². The highest BCUT2D eigenvalue weighted by molar-refractivity contribution is 6.05. The summed E-state index contributed by atoms with van der Waals surface area (Å²) in [5, 5.41) is 2.35. The number of esters is 1. The van der Waals surface area contributed by atoms with Crippen LogP contribution in [0.25, 0.3) is 0 Å². The van der Waals surface area contributed by atoms with Gasteiger partial charge in [-0.2, -0.15) is 0 Å². The van der Waals surface area contributed by atoms with E-state index < -0.39 is 6.04 Å². The number of hydrogen-bond donors (Lipinski definition) is 2. The zero-order valence-electron chi connectivity index (χ0n) is 19.1. The maximum Gasteiger partial charge on any atom is 0.354 e. The molecule has 2 saturated heterocycles. The lowest BCUT2D eigenvalue weighted by Gasteiger charge is -2.32. The third-order valence-corrected chi connectivity index (χ3v) is 7.15. The molecule has 2 N–H and O–H groups in total. The van der Waals surface area contributed by atoms with Gasteiger partial charge in [0.1, 0.15) is 11.7 Å². The number of carbonyl (C=O) groups is 4. The molecule has 3 aliphatic rings. The van der Waals surface area contributed by atoms with Crippen molar-refractivity contribution in [1.29, 1.82) is 0 Å². The topological polar surface area (TPSA) is 112 Å². The molecule has 1 aromatic heterocycles. The minimum absolute atomic E-state index is 0.136. The summed E-state index contributed by atoms with van der Waals surface area (Å²) in [6.07, 6.45) is 2.65. The van der Waals surface area contributed by atoms with Gasteiger partial charge in [0.25, 0.3) is 5.91 Å². The molecule has 9 nitrogen and oxygen atoms in total. The summed E-state index contributed by atoms with van der Waals surface area (Å²) in [6, 6.07) is 9.13. The van der Waals surface area contributed by atoms with Gasteiger partial charge in [-0.25, -0.2) is 4.79 Å². The Morgan fingerprint density at radius 3 is 2.62 bits per heavy atom. The Labute approximate surface area is 197 Å². The number of nitrogens with zero attached hydrogens (tertiary/aromatic N) is 2. The van der Waals surface area contributed by atoms with Gasteiger partial charge in [0, 0.05) is 30.8 Å². The number of benzene rings is 1. The van der Waals surface area contributed by atoms with Crippen LogP contribution in [0, 0.1) is 0 Å². The zero-order valence-corrected chi connectivity index (χ0v) is 19.1. The number of aromatic nitrogens is 1. The lowest BCUT2D eigenvalue weighted by atomic mass is 9.88. The van der Waals surface area contributed by atoms with Gasteiger partial charge in [-0.05, 0) is 67.6 Å². The van der Waals surface area contributed by atoms with E-state index in [1.165, 1.54) is 12.7 Å². The Bertz CT molecular complexity index is 1150. The number of fused-ring (bicyclic) bond motifs is 1. The number of ether oxygens (including phenoxy) is 1. The summed E-state index contributed by atoms with van der Waals surface area (Å²) < 4.78 is 4.75. The van der Waals surface area contributed by atoms with Crippen molar-refractivity contribution in [3.05, 3.63) is 58.4 Å². The number of piperidine rings is 2. The molecule has 3 amide bonds. The van der Waals surface area contributed by atoms with Crippen molar-refractivity contribution in [3.8, 4) is 0 Å². The smallest absolute Gasteiger partial charge is 0.354 e. The van der Waals surface area contributed by atoms with E-state index in [0.29, 0.717) is 30.1 Å². The van der Waals surface area contributed by atoms with Crippen LogP contribution in [0.4, 0.5) is 0 Å². The molecular weight excluding hydrogens is 436 g/mol. The lowest BCUT2D eigenvalue weighted by molar-refractivity contribution is -0.136. The number of H-pyrrole nitrogens is 1. The number of rotatable bonds is 5. The normalized spacial score (nSPS) is 21.5. The predicted octanol–water partition coefficient (Wildman–Crippen LogP) is 1.94. The van der Waals surface area contributed by atoms with Crippen LogP contribution >= 0.6 is 0 Å². The van der Waals surface area contributed by atoms with E-state index in [1.54, 1.807) is 11.0 Å². The fourth-order valence-electron chi connectivity index (χ4n) is 5.28. The molecular formula is C25H28N4O5. The van der Waals surface area contributed by atoms with Gasteiger partial charge >= 0.3 is 5.97 Å². The first-order valence-corrected chi connectivity index (χ1v) is 11.7. The molecule has 0 aliphatic carbocycles. The van der Waals surface area contributed by atoms with Crippen molar-refractivity contribution in [1.82, 2.24) is 20.1 Å². The Kier molecular flexibility index (Phi) is 5.95. The Morgan fingerprint density at radius 1 is 1.09 bits per heavy atom. The summed E-state index contributed by atoms with van der Waals surface area (Å²) in [7, 11) is 1.37. The third-order valence-electron chi connectivity index (χ3n) is 7.15. The third kappa shape index (κ3) is 4.23. The van der Waals surface area contributed by atoms with Crippen LogP contribution in [-0.4, -0.2) is 64.7 Å². The Morgan fingerprint density at radius 2 is 1.88 bits per heavy atom.